The van der Waals surface area contributed by atoms with Crippen LogP contribution in [0.4, 0.5) is 0 Å². The SMILES string of the molecule is NC(=O)C(c1cc(Br)c(Br)s1)N1CCCNCC1. The van der Waals surface area contributed by atoms with E-state index in [9.17, 15) is 4.79 Å². The zero-order valence-corrected chi connectivity index (χ0v) is 13.8. The molecule has 1 saturated heterocycles. The van der Waals surface area contributed by atoms with Crippen molar-refractivity contribution < 1.29 is 4.79 Å². The molecule has 1 amide bonds. The Bertz CT molecular complexity index is 410. The number of rotatable bonds is 3. The fraction of sp³-hybridized carbons (Fsp3) is 0.545. The summed E-state index contributed by atoms with van der Waals surface area (Å²) in [4.78, 5) is 14.9. The van der Waals surface area contributed by atoms with E-state index in [1.165, 1.54) is 0 Å². The molecule has 0 radical (unpaired) electrons. The highest BCUT2D eigenvalue weighted by atomic mass is 79.9. The van der Waals surface area contributed by atoms with Gasteiger partial charge in [0.2, 0.25) is 5.91 Å². The second-order valence-corrected chi connectivity index (χ2v) is 7.47. The molecule has 0 aromatic carbocycles. The molecule has 4 nitrogen and oxygen atoms in total. The number of halogens is 2. The summed E-state index contributed by atoms with van der Waals surface area (Å²) < 4.78 is 1.97. The van der Waals surface area contributed by atoms with Gasteiger partial charge >= 0.3 is 0 Å². The lowest BCUT2D eigenvalue weighted by atomic mass is 10.2. The van der Waals surface area contributed by atoms with Crippen molar-refractivity contribution >= 4 is 49.1 Å². The minimum atomic E-state index is -0.322. The summed E-state index contributed by atoms with van der Waals surface area (Å²) in [5, 5.41) is 3.33. The molecule has 0 saturated carbocycles. The van der Waals surface area contributed by atoms with Crippen LogP contribution in [0, 0.1) is 0 Å². The van der Waals surface area contributed by atoms with E-state index in [0.717, 1.165) is 45.7 Å². The average molecular weight is 397 g/mol. The number of nitrogens with zero attached hydrogens (tertiary/aromatic N) is 1. The van der Waals surface area contributed by atoms with Crippen LogP contribution in [0.5, 0.6) is 0 Å². The third kappa shape index (κ3) is 3.33. The first-order valence-corrected chi connectivity index (χ1v) is 8.18. The van der Waals surface area contributed by atoms with Gasteiger partial charge in [-0.2, -0.15) is 0 Å². The van der Waals surface area contributed by atoms with Crippen molar-refractivity contribution in [3.63, 3.8) is 0 Å². The van der Waals surface area contributed by atoms with Gasteiger partial charge in [0.05, 0.1) is 3.79 Å². The maximum Gasteiger partial charge on any atom is 0.240 e. The lowest BCUT2D eigenvalue weighted by Crippen LogP contribution is -2.39. The minimum Gasteiger partial charge on any atom is -0.368 e. The zero-order chi connectivity index (χ0) is 13.1. The van der Waals surface area contributed by atoms with Gasteiger partial charge in [0, 0.05) is 29.0 Å². The molecule has 1 atom stereocenters. The molecule has 1 aliphatic heterocycles. The van der Waals surface area contributed by atoms with Crippen molar-refractivity contribution in [3.8, 4) is 0 Å². The number of carbonyl (C=O) groups excluding carboxylic acids is 1. The predicted octanol–water partition coefficient (Wildman–Crippen LogP) is 2.09. The fourth-order valence-electron chi connectivity index (χ4n) is 2.12. The summed E-state index contributed by atoms with van der Waals surface area (Å²) in [6.07, 6.45) is 1.04. The van der Waals surface area contributed by atoms with Crippen molar-refractivity contribution in [1.29, 1.82) is 0 Å². The van der Waals surface area contributed by atoms with Crippen LogP contribution in [0.1, 0.15) is 17.3 Å². The first-order valence-electron chi connectivity index (χ1n) is 5.78. The molecule has 2 heterocycles. The van der Waals surface area contributed by atoms with Gasteiger partial charge < -0.3 is 11.1 Å². The number of thiophene rings is 1. The number of primary amides is 1. The summed E-state index contributed by atoms with van der Waals surface area (Å²) in [7, 11) is 0. The smallest absolute Gasteiger partial charge is 0.240 e. The Morgan fingerprint density at radius 1 is 1.44 bits per heavy atom. The van der Waals surface area contributed by atoms with Crippen molar-refractivity contribution in [3.05, 3.63) is 19.2 Å². The highest BCUT2D eigenvalue weighted by Crippen LogP contribution is 2.37. The highest BCUT2D eigenvalue weighted by molar-refractivity contribution is 9.13. The average Bonchev–Trinajstić information content (AvgIpc) is 2.55. The third-order valence-electron chi connectivity index (χ3n) is 2.94. The molecule has 1 aromatic rings. The lowest BCUT2D eigenvalue weighted by Gasteiger charge is -2.26. The van der Waals surface area contributed by atoms with Crippen LogP contribution in [0.15, 0.2) is 14.3 Å². The van der Waals surface area contributed by atoms with Gasteiger partial charge in [-0.1, -0.05) is 0 Å². The summed E-state index contributed by atoms with van der Waals surface area (Å²) >= 11 is 8.47. The Labute approximate surface area is 127 Å². The van der Waals surface area contributed by atoms with Crippen LogP contribution in [0.25, 0.3) is 0 Å². The topological polar surface area (TPSA) is 58.4 Å². The van der Waals surface area contributed by atoms with Crippen LogP contribution in [-0.2, 0) is 4.79 Å². The molecule has 2 rings (SSSR count). The van der Waals surface area contributed by atoms with Gasteiger partial charge in [0.25, 0.3) is 0 Å². The van der Waals surface area contributed by atoms with Gasteiger partial charge in [-0.3, -0.25) is 9.69 Å². The molecule has 1 aliphatic rings. The quantitative estimate of drug-likeness (QED) is 0.822. The van der Waals surface area contributed by atoms with Crippen LogP contribution >= 0.6 is 43.2 Å². The van der Waals surface area contributed by atoms with Crippen LogP contribution < -0.4 is 11.1 Å². The van der Waals surface area contributed by atoms with Crippen LogP contribution in [-0.4, -0.2) is 37.0 Å². The van der Waals surface area contributed by atoms with E-state index in [1.54, 1.807) is 11.3 Å². The first kappa shape index (κ1) is 14.5. The van der Waals surface area contributed by atoms with Gasteiger partial charge in [0.15, 0.2) is 0 Å². The summed E-state index contributed by atoms with van der Waals surface area (Å²) in [6.45, 7) is 3.64. The van der Waals surface area contributed by atoms with Crippen molar-refractivity contribution in [2.24, 2.45) is 5.73 Å². The van der Waals surface area contributed by atoms with Gasteiger partial charge in [-0.15, -0.1) is 11.3 Å². The molecule has 18 heavy (non-hydrogen) atoms. The monoisotopic (exact) mass is 395 g/mol. The fourth-order valence-corrected chi connectivity index (χ4v) is 4.36. The standard InChI is InChI=1S/C11H15Br2N3OS/c12-7-6-8(18-10(7)13)9(11(14)17)16-4-1-2-15-3-5-16/h6,9,15H,1-5H2,(H2,14,17). The van der Waals surface area contributed by atoms with Crippen LogP contribution in [0.2, 0.25) is 0 Å². The molecule has 7 heteroatoms. The summed E-state index contributed by atoms with van der Waals surface area (Å²) in [5.74, 6) is -0.279. The lowest BCUT2D eigenvalue weighted by molar-refractivity contribution is -0.123. The van der Waals surface area contributed by atoms with Crippen LogP contribution in [0.3, 0.4) is 0 Å². The highest BCUT2D eigenvalue weighted by Gasteiger charge is 2.28. The van der Waals surface area contributed by atoms with E-state index in [4.69, 9.17) is 5.73 Å². The van der Waals surface area contributed by atoms with E-state index in [-0.39, 0.29) is 11.9 Å². The molecule has 0 aliphatic carbocycles. The molecule has 100 valence electrons. The molecular formula is C11H15Br2N3OS. The number of nitrogens with one attached hydrogen (secondary N) is 1. The Morgan fingerprint density at radius 2 is 2.22 bits per heavy atom. The number of amides is 1. The first-order chi connectivity index (χ1) is 8.59. The molecule has 1 fully saturated rings. The van der Waals surface area contributed by atoms with Gasteiger partial charge in [-0.05, 0) is 50.9 Å². The Kier molecular flexibility index (Phi) is 5.20. The van der Waals surface area contributed by atoms with E-state index in [2.05, 4.69) is 42.1 Å². The van der Waals surface area contributed by atoms with Gasteiger partial charge in [0.1, 0.15) is 6.04 Å². The molecule has 0 bridgehead atoms. The summed E-state index contributed by atoms with van der Waals surface area (Å²) in [6, 6.07) is 1.65. The second-order valence-electron chi connectivity index (χ2n) is 4.21. The van der Waals surface area contributed by atoms with Crippen molar-refractivity contribution in [2.45, 2.75) is 12.5 Å². The largest absolute Gasteiger partial charge is 0.368 e. The number of nitrogens with two attached hydrogens (primary N) is 1. The zero-order valence-electron chi connectivity index (χ0n) is 9.79. The van der Waals surface area contributed by atoms with Gasteiger partial charge in [-0.25, -0.2) is 0 Å². The molecular weight excluding hydrogens is 382 g/mol. The Hall–Kier alpha value is 0.0500. The second kappa shape index (κ2) is 6.47. The molecule has 1 aromatic heterocycles. The maximum atomic E-state index is 11.8. The summed E-state index contributed by atoms with van der Waals surface area (Å²) in [5.41, 5.74) is 5.58. The Morgan fingerprint density at radius 3 is 2.83 bits per heavy atom. The predicted molar refractivity (Wildman–Crippen MR) is 80.7 cm³/mol. The number of hydrogen-bond donors (Lipinski definition) is 2. The molecule has 1 unspecified atom stereocenters. The van der Waals surface area contributed by atoms with E-state index in [0.29, 0.717) is 0 Å². The van der Waals surface area contributed by atoms with E-state index >= 15 is 0 Å². The van der Waals surface area contributed by atoms with Crippen molar-refractivity contribution in [2.75, 3.05) is 26.2 Å². The normalized spacial score (nSPS) is 19.4. The number of hydrogen-bond acceptors (Lipinski definition) is 4. The minimum absolute atomic E-state index is 0.279. The molecule has 0 spiro atoms. The third-order valence-corrected chi connectivity index (χ3v) is 6.25. The van der Waals surface area contributed by atoms with Crippen molar-refractivity contribution in [1.82, 2.24) is 10.2 Å². The Balaban J connectivity index is 2.24. The number of carbonyl (C=O) groups is 1. The molecule has 3 N–H and O–H groups in total. The maximum absolute atomic E-state index is 11.8. The van der Waals surface area contributed by atoms with E-state index in [1.807, 2.05) is 6.07 Å². The van der Waals surface area contributed by atoms with E-state index < -0.39 is 0 Å².